The first-order chi connectivity index (χ1) is 16.0. The van der Waals surface area contributed by atoms with Crippen molar-refractivity contribution in [3.8, 4) is 11.1 Å². The van der Waals surface area contributed by atoms with E-state index in [0.29, 0.717) is 25.5 Å². The number of fused-ring (bicyclic) bond motifs is 1. The van der Waals surface area contributed by atoms with Crippen molar-refractivity contribution in [1.29, 1.82) is 0 Å². The summed E-state index contributed by atoms with van der Waals surface area (Å²) in [6.45, 7) is 8.36. The summed E-state index contributed by atoms with van der Waals surface area (Å²) in [5, 5.41) is 3.98. The summed E-state index contributed by atoms with van der Waals surface area (Å²) in [5.41, 5.74) is 3.64. The van der Waals surface area contributed by atoms with Crippen LogP contribution in [0.15, 0.2) is 35.4 Å². The van der Waals surface area contributed by atoms with Crippen LogP contribution in [0.5, 0.6) is 0 Å². The minimum atomic E-state index is -0.933. The Morgan fingerprint density at radius 2 is 1.91 bits per heavy atom. The third kappa shape index (κ3) is 4.25. The Balaban J connectivity index is 1.72. The zero-order chi connectivity index (χ0) is 24.8. The number of hydrogen-bond donors (Lipinski definition) is 1. The summed E-state index contributed by atoms with van der Waals surface area (Å²) < 4.78 is 36.1. The van der Waals surface area contributed by atoms with Crippen molar-refractivity contribution in [2.45, 2.75) is 39.3 Å². The van der Waals surface area contributed by atoms with Crippen LogP contribution >= 0.6 is 0 Å². The monoisotopic (exact) mass is 472 g/mol. The van der Waals surface area contributed by atoms with Crippen molar-refractivity contribution >= 4 is 23.1 Å². The van der Waals surface area contributed by atoms with Gasteiger partial charge in [-0.25, -0.2) is 18.6 Å². The first kappa shape index (κ1) is 23.4. The number of rotatable bonds is 2. The number of nitrogen functional groups attached to an aromatic ring is 1. The van der Waals surface area contributed by atoms with Gasteiger partial charge in [0.15, 0.2) is 5.82 Å². The van der Waals surface area contributed by atoms with Crippen molar-refractivity contribution in [3.63, 3.8) is 0 Å². The fourth-order valence-electron chi connectivity index (χ4n) is 4.06. The first-order valence-corrected chi connectivity index (χ1v) is 10.8. The maximum atomic E-state index is 15.2. The molecule has 3 heterocycles. The molecular formula is C23H26F2N6O3. The fraction of sp³-hybridized carbons (Fsp3) is 0.391. The Morgan fingerprint density at radius 1 is 1.18 bits per heavy atom. The van der Waals surface area contributed by atoms with E-state index in [1.54, 1.807) is 25.7 Å². The second-order valence-corrected chi connectivity index (χ2v) is 9.23. The van der Waals surface area contributed by atoms with Gasteiger partial charge >= 0.3 is 6.09 Å². The van der Waals surface area contributed by atoms with Crippen molar-refractivity contribution in [2.24, 2.45) is 0 Å². The highest BCUT2D eigenvalue weighted by Gasteiger charge is 2.32. The molecule has 1 saturated heterocycles. The molecule has 0 spiro atoms. The number of benzene rings is 1. The lowest BCUT2D eigenvalue weighted by atomic mass is 10.0. The summed E-state index contributed by atoms with van der Waals surface area (Å²) in [6.07, 6.45) is 0.768. The average molecular weight is 472 g/mol. The molecule has 2 N–H and O–H groups in total. The summed E-state index contributed by atoms with van der Waals surface area (Å²) >= 11 is 0. The predicted molar refractivity (Wildman–Crippen MR) is 124 cm³/mol. The van der Waals surface area contributed by atoms with Crippen LogP contribution in [0.3, 0.4) is 0 Å². The van der Waals surface area contributed by atoms with Gasteiger partial charge in [-0.15, -0.1) is 0 Å². The summed E-state index contributed by atoms with van der Waals surface area (Å²) in [6, 6.07) is 4.77. The molecule has 2 aromatic heterocycles. The topological polar surface area (TPSA) is 106 Å². The van der Waals surface area contributed by atoms with E-state index in [4.69, 9.17) is 10.5 Å². The number of nitrogens with zero attached hydrogens (tertiary/aromatic N) is 5. The summed E-state index contributed by atoms with van der Waals surface area (Å²) in [7, 11) is 0. The fourth-order valence-corrected chi connectivity index (χ4v) is 4.06. The minimum Gasteiger partial charge on any atom is -0.444 e. The van der Waals surface area contributed by atoms with Gasteiger partial charge in [-0.05, 0) is 39.8 Å². The molecule has 0 radical (unpaired) electrons. The van der Waals surface area contributed by atoms with Crippen molar-refractivity contribution < 1.29 is 18.3 Å². The van der Waals surface area contributed by atoms with Crippen LogP contribution in [0.25, 0.3) is 16.6 Å². The van der Waals surface area contributed by atoms with E-state index in [1.807, 2.05) is 11.8 Å². The molecule has 1 amide bonds. The highest BCUT2D eigenvalue weighted by atomic mass is 19.1. The van der Waals surface area contributed by atoms with E-state index in [0.717, 1.165) is 16.6 Å². The molecular weight excluding hydrogens is 446 g/mol. The van der Waals surface area contributed by atoms with Crippen LogP contribution < -0.4 is 16.2 Å². The Bertz CT molecular complexity index is 1300. The maximum absolute atomic E-state index is 15.2. The quantitative estimate of drug-likeness (QED) is 0.572. The maximum Gasteiger partial charge on any atom is 0.410 e. The van der Waals surface area contributed by atoms with Gasteiger partial charge in [-0.1, -0.05) is 6.07 Å². The Morgan fingerprint density at radius 3 is 2.56 bits per heavy atom. The number of aromatic nitrogens is 3. The Hall–Kier alpha value is -3.76. The first-order valence-electron chi connectivity index (χ1n) is 10.8. The highest BCUT2D eigenvalue weighted by molar-refractivity contribution is 5.79. The molecule has 0 aliphatic carbocycles. The second-order valence-electron chi connectivity index (χ2n) is 9.23. The third-order valence-corrected chi connectivity index (χ3v) is 5.56. The number of carbonyl (C=O) groups excluding carboxylic acids is 1. The van der Waals surface area contributed by atoms with Gasteiger partial charge in [0.2, 0.25) is 0 Å². The molecule has 180 valence electrons. The number of piperazine rings is 1. The summed E-state index contributed by atoms with van der Waals surface area (Å²) in [5.74, 6) is -1.41. The Labute approximate surface area is 194 Å². The number of nitrogens with two attached hydrogens (primary N) is 1. The van der Waals surface area contributed by atoms with Crippen LogP contribution in [-0.2, 0) is 4.74 Å². The van der Waals surface area contributed by atoms with Crippen molar-refractivity contribution in [2.75, 3.05) is 30.3 Å². The lowest BCUT2D eigenvalue weighted by Gasteiger charge is -2.40. The molecule has 0 unspecified atom stereocenters. The molecule has 0 bridgehead atoms. The lowest BCUT2D eigenvalue weighted by molar-refractivity contribution is 0.0218. The molecule has 1 aliphatic heterocycles. The number of hydrogen-bond acceptors (Lipinski definition) is 7. The van der Waals surface area contributed by atoms with Crippen LogP contribution in [0.2, 0.25) is 0 Å². The molecule has 1 fully saturated rings. The van der Waals surface area contributed by atoms with Crippen LogP contribution in [0, 0.1) is 11.6 Å². The van der Waals surface area contributed by atoms with Gasteiger partial charge < -0.3 is 20.3 Å². The number of pyridine rings is 1. The van der Waals surface area contributed by atoms with E-state index in [-0.39, 0.29) is 22.8 Å². The van der Waals surface area contributed by atoms with Crippen LogP contribution in [0.4, 0.5) is 25.1 Å². The number of anilines is 2. The van der Waals surface area contributed by atoms with Crippen molar-refractivity contribution in [1.82, 2.24) is 19.5 Å². The summed E-state index contributed by atoms with van der Waals surface area (Å²) in [4.78, 5) is 33.4. The predicted octanol–water partition coefficient (Wildman–Crippen LogP) is 3.06. The van der Waals surface area contributed by atoms with E-state index >= 15 is 4.39 Å². The normalized spacial score (nSPS) is 16.7. The van der Waals surface area contributed by atoms with Gasteiger partial charge in [-0.3, -0.25) is 4.79 Å². The zero-order valence-electron chi connectivity index (χ0n) is 19.4. The smallest absolute Gasteiger partial charge is 0.410 e. The molecule has 11 heteroatoms. The van der Waals surface area contributed by atoms with E-state index < -0.39 is 34.5 Å². The third-order valence-electron chi connectivity index (χ3n) is 5.56. The number of carbonyl (C=O) groups is 1. The zero-order valence-corrected chi connectivity index (χ0v) is 19.4. The standard InChI is InChI=1S/C23H26F2N6O3/c1-13-11-29(22(33)34-23(2,3)4)8-9-30(13)20-17-10-15(25)19(21(32)31(17)28-12-27-20)18-14(24)6-5-7-16(18)26/h5-7,10,12-13H,8-9,11,26H2,1-4H3/t13-/m0/s1. The molecule has 1 aliphatic rings. The average Bonchev–Trinajstić information content (AvgIpc) is 2.74. The van der Waals surface area contributed by atoms with Crippen molar-refractivity contribution in [3.05, 3.63) is 52.6 Å². The molecule has 34 heavy (non-hydrogen) atoms. The van der Waals surface area contributed by atoms with Crippen LogP contribution in [-0.4, -0.2) is 56.9 Å². The molecule has 4 rings (SSSR count). The molecule has 3 aromatic rings. The Kier molecular flexibility index (Phi) is 5.88. The molecule has 1 atom stereocenters. The molecule has 0 saturated carbocycles. The van der Waals surface area contributed by atoms with Crippen LogP contribution in [0.1, 0.15) is 27.7 Å². The second kappa shape index (κ2) is 8.54. The van der Waals surface area contributed by atoms with E-state index in [2.05, 4.69) is 10.1 Å². The highest BCUT2D eigenvalue weighted by Crippen LogP contribution is 2.30. The number of ether oxygens (including phenoxy) is 1. The van der Waals surface area contributed by atoms with Gasteiger partial charge in [-0.2, -0.15) is 9.61 Å². The number of halogens is 2. The molecule has 9 nitrogen and oxygen atoms in total. The van der Waals surface area contributed by atoms with Gasteiger partial charge in [0.1, 0.15) is 29.1 Å². The van der Waals surface area contributed by atoms with Gasteiger partial charge in [0, 0.05) is 43.0 Å². The van der Waals surface area contributed by atoms with E-state index in [1.165, 1.54) is 18.5 Å². The van der Waals surface area contributed by atoms with E-state index in [9.17, 15) is 14.0 Å². The minimum absolute atomic E-state index is 0.0582. The number of amides is 1. The van der Waals surface area contributed by atoms with Gasteiger partial charge in [0.05, 0.1) is 5.56 Å². The lowest BCUT2D eigenvalue weighted by Crippen LogP contribution is -2.55. The SMILES string of the molecule is C[C@H]1CN(C(=O)OC(C)(C)C)CCN1c1ncnn2c(=O)c(-c3c(N)cccc3F)c(F)cc12. The largest absolute Gasteiger partial charge is 0.444 e. The molecule has 1 aromatic carbocycles. The van der Waals surface area contributed by atoms with Gasteiger partial charge in [0.25, 0.3) is 5.56 Å².